The number of aromatic amines is 1. The molecule has 1 aromatic carbocycles. The predicted molar refractivity (Wildman–Crippen MR) is 79.8 cm³/mol. The summed E-state index contributed by atoms with van der Waals surface area (Å²) in [6, 6.07) is 8.06. The van der Waals surface area contributed by atoms with E-state index in [-0.39, 0.29) is 0 Å². The van der Waals surface area contributed by atoms with E-state index in [2.05, 4.69) is 27.4 Å². The maximum absolute atomic E-state index is 5.02. The molecule has 0 atom stereocenters. The Hall–Kier alpha value is -2.14. The number of hydrogen-bond acceptors (Lipinski definition) is 2. The van der Waals surface area contributed by atoms with Gasteiger partial charge in [0.2, 0.25) is 0 Å². The quantitative estimate of drug-likeness (QED) is 0.341. The Morgan fingerprint density at radius 3 is 3.11 bits per heavy atom. The van der Waals surface area contributed by atoms with Crippen molar-refractivity contribution in [3.63, 3.8) is 0 Å². The SMILES string of the molecule is C=CCNC(=S)N/N=C/c1c[nH]c2ccccc12. The molecule has 0 radical (unpaired) electrons. The van der Waals surface area contributed by atoms with Crippen LogP contribution in [-0.2, 0) is 0 Å². The summed E-state index contributed by atoms with van der Waals surface area (Å²) < 4.78 is 0. The largest absolute Gasteiger partial charge is 0.361 e. The highest BCUT2D eigenvalue weighted by Crippen LogP contribution is 2.15. The highest BCUT2D eigenvalue weighted by Gasteiger charge is 1.99. The molecule has 1 heterocycles. The Morgan fingerprint density at radius 2 is 2.28 bits per heavy atom. The van der Waals surface area contributed by atoms with E-state index < -0.39 is 0 Å². The van der Waals surface area contributed by atoms with Gasteiger partial charge in [-0.05, 0) is 18.3 Å². The van der Waals surface area contributed by atoms with E-state index >= 15 is 0 Å². The van der Waals surface area contributed by atoms with Crippen molar-refractivity contribution in [1.29, 1.82) is 0 Å². The van der Waals surface area contributed by atoms with Gasteiger partial charge in [-0.15, -0.1) is 6.58 Å². The molecular weight excluding hydrogens is 244 g/mol. The van der Waals surface area contributed by atoms with Gasteiger partial charge in [0.15, 0.2) is 5.11 Å². The molecule has 0 spiro atoms. The Balaban J connectivity index is 2.01. The Bertz CT molecular complexity index is 585. The Labute approximate surface area is 111 Å². The number of H-pyrrole nitrogens is 1. The number of benzene rings is 1. The predicted octanol–water partition coefficient (Wildman–Crippen LogP) is 2.15. The van der Waals surface area contributed by atoms with Crippen molar-refractivity contribution < 1.29 is 0 Å². The van der Waals surface area contributed by atoms with Crippen molar-refractivity contribution in [1.82, 2.24) is 15.7 Å². The zero-order valence-electron chi connectivity index (χ0n) is 9.81. The van der Waals surface area contributed by atoms with Gasteiger partial charge in [-0.1, -0.05) is 24.3 Å². The van der Waals surface area contributed by atoms with Crippen molar-refractivity contribution in [2.45, 2.75) is 0 Å². The maximum Gasteiger partial charge on any atom is 0.187 e. The molecule has 2 rings (SSSR count). The minimum absolute atomic E-state index is 0.478. The van der Waals surface area contributed by atoms with E-state index in [1.54, 1.807) is 12.3 Å². The summed E-state index contributed by atoms with van der Waals surface area (Å²) in [5.41, 5.74) is 4.86. The van der Waals surface area contributed by atoms with Crippen LogP contribution in [0.15, 0.2) is 48.2 Å². The highest BCUT2D eigenvalue weighted by atomic mass is 32.1. The standard InChI is InChI=1S/C13H14N4S/c1-2-7-14-13(18)17-16-9-10-8-15-12-6-4-3-5-11(10)12/h2-6,8-9,15H,1,7H2,(H2,14,17,18)/b16-9+. The zero-order valence-corrected chi connectivity index (χ0v) is 10.6. The average Bonchev–Trinajstić information content (AvgIpc) is 2.80. The molecule has 92 valence electrons. The molecule has 0 amide bonds. The molecule has 5 heteroatoms. The lowest BCUT2D eigenvalue weighted by molar-refractivity contribution is 0.942. The van der Waals surface area contributed by atoms with Crippen LogP contribution in [0.3, 0.4) is 0 Å². The molecule has 0 aliphatic rings. The fraction of sp³-hybridized carbons (Fsp3) is 0.0769. The molecular formula is C13H14N4S. The van der Waals surface area contributed by atoms with Gasteiger partial charge in [-0.3, -0.25) is 5.43 Å². The molecule has 0 aliphatic carbocycles. The molecule has 1 aromatic heterocycles. The second-order valence-corrected chi connectivity index (χ2v) is 4.07. The molecule has 2 aromatic rings. The minimum Gasteiger partial charge on any atom is -0.361 e. The molecule has 0 aliphatic heterocycles. The van der Waals surface area contributed by atoms with Gasteiger partial charge in [0, 0.05) is 29.2 Å². The third-order valence-corrected chi connectivity index (χ3v) is 2.63. The zero-order chi connectivity index (χ0) is 12.8. The second-order valence-electron chi connectivity index (χ2n) is 3.66. The number of fused-ring (bicyclic) bond motifs is 1. The van der Waals surface area contributed by atoms with Crippen LogP contribution in [0.4, 0.5) is 0 Å². The van der Waals surface area contributed by atoms with Crippen molar-refractivity contribution in [3.05, 3.63) is 48.7 Å². The molecule has 3 N–H and O–H groups in total. The number of para-hydroxylation sites is 1. The Morgan fingerprint density at radius 1 is 1.44 bits per heavy atom. The first-order valence-electron chi connectivity index (χ1n) is 5.55. The maximum atomic E-state index is 5.02. The molecule has 0 saturated heterocycles. The first-order valence-corrected chi connectivity index (χ1v) is 5.96. The molecule has 4 nitrogen and oxygen atoms in total. The summed E-state index contributed by atoms with van der Waals surface area (Å²) in [5.74, 6) is 0. The summed E-state index contributed by atoms with van der Waals surface area (Å²) in [5, 5.41) is 8.62. The van der Waals surface area contributed by atoms with Crippen LogP contribution in [-0.4, -0.2) is 22.9 Å². The average molecular weight is 258 g/mol. The summed E-state index contributed by atoms with van der Waals surface area (Å²) in [7, 11) is 0. The number of hydrazone groups is 1. The second kappa shape index (κ2) is 5.97. The van der Waals surface area contributed by atoms with Crippen molar-refractivity contribution in [3.8, 4) is 0 Å². The fourth-order valence-corrected chi connectivity index (χ4v) is 1.70. The number of thiocarbonyl (C=S) groups is 1. The van der Waals surface area contributed by atoms with Crippen LogP contribution in [0.25, 0.3) is 10.9 Å². The highest BCUT2D eigenvalue weighted by molar-refractivity contribution is 7.80. The fourth-order valence-electron chi connectivity index (χ4n) is 1.57. The lowest BCUT2D eigenvalue weighted by atomic mass is 10.2. The number of aromatic nitrogens is 1. The normalized spacial score (nSPS) is 10.7. The van der Waals surface area contributed by atoms with Crippen molar-refractivity contribution >= 4 is 34.4 Å². The van der Waals surface area contributed by atoms with Crippen LogP contribution in [0.5, 0.6) is 0 Å². The third kappa shape index (κ3) is 2.95. The summed E-state index contributed by atoms with van der Waals surface area (Å²) in [6.45, 7) is 4.21. The van der Waals surface area contributed by atoms with Crippen LogP contribution in [0.1, 0.15) is 5.56 Å². The summed E-state index contributed by atoms with van der Waals surface area (Å²) in [4.78, 5) is 3.18. The monoisotopic (exact) mass is 258 g/mol. The van der Waals surface area contributed by atoms with Crippen LogP contribution >= 0.6 is 12.2 Å². The molecule has 0 bridgehead atoms. The lowest BCUT2D eigenvalue weighted by Gasteiger charge is -2.02. The van der Waals surface area contributed by atoms with Crippen LogP contribution in [0, 0.1) is 0 Å². The van der Waals surface area contributed by atoms with Crippen molar-refractivity contribution in [2.24, 2.45) is 5.10 Å². The van der Waals surface area contributed by atoms with Gasteiger partial charge in [-0.25, -0.2) is 0 Å². The van der Waals surface area contributed by atoms with E-state index in [9.17, 15) is 0 Å². The third-order valence-electron chi connectivity index (χ3n) is 2.40. The number of hydrogen-bond donors (Lipinski definition) is 3. The van der Waals surface area contributed by atoms with Gasteiger partial charge >= 0.3 is 0 Å². The van der Waals surface area contributed by atoms with Crippen LogP contribution in [0.2, 0.25) is 0 Å². The Kier molecular flexibility index (Phi) is 4.09. The summed E-state index contributed by atoms with van der Waals surface area (Å²) >= 11 is 5.02. The van der Waals surface area contributed by atoms with Crippen LogP contribution < -0.4 is 10.7 Å². The van der Waals surface area contributed by atoms with Gasteiger partial charge in [-0.2, -0.15) is 5.10 Å². The molecule has 0 saturated carbocycles. The molecule has 0 unspecified atom stereocenters. The number of nitrogens with zero attached hydrogens (tertiary/aromatic N) is 1. The topological polar surface area (TPSA) is 52.2 Å². The first-order chi connectivity index (χ1) is 8.81. The molecule has 0 fully saturated rings. The van der Waals surface area contributed by atoms with Crippen molar-refractivity contribution in [2.75, 3.05) is 6.54 Å². The van der Waals surface area contributed by atoms with E-state index in [0.717, 1.165) is 16.5 Å². The van der Waals surface area contributed by atoms with Gasteiger partial charge in [0.25, 0.3) is 0 Å². The van der Waals surface area contributed by atoms with Gasteiger partial charge in [0.05, 0.1) is 6.21 Å². The first kappa shape index (κ1) is 12.3. The van der Waals surface area contributed by atoms with E-state index in [0.29, 0.717) is 11.7 Å². The minimum atomic E-state index is 0.478. The molecule has 18 heavy (non-hydrogen) atoms. The number of rotatable bonds is 4. The van der Waals surface area contributed by atoms with E-state index in [1.807, 2.05) is 30.5 Å². The van der Waals surface area contributed by atoms with E-state index in [4.69, 9.17) is 12.2 Å². The smallest absolute Gasteiger partial charge is 0.187 e. The number of nitrogens with one attached hydrogen (secondary N) is 3. The lowest BCUT2D eigenvalue weighted by Crippen LogP contribution is -2.31. The summed E-state index contributed by atoms with van der Waals surface area (Å²) in [6.07, 6.45) is 5.38. The van der Waals surface area contributed by atoms with E-state index in [1.165, 1.54) is 0 Å². The van der Waals surface area contributed by atoms with Gasteiger partial charge < -0.3 is 10.3 Å². The van der Waals surface area contributed by atoms with Gasteiger partial charge in [0.1, 0.15) is 0 Å².